The minimum atomic E-state index is -0.502. The Balaban J connectivity index is 1.48. The van der Waals surface area contributed by atoms with Gasteiger partial charge in [-0.15, -0.1) is 0 Å². The molecule has 1 amide bonds. The van der Waals surface area contributed by atoms with E-state index in [0.29, 0.717) is 44.2 Å². The third kappa shape index (κ3) is 5.85. The Hall–Kier alpha value is -4.61. The molecule has 1 aliphatic rings. The number of nitrogens with zero attached hydrogens (tertiary/aromatic N) is 7. The summed E-state index contributed by atoms with van der Waals surface area (Å²) in [5.41, 5.74) is 1.74. The Kier molecular flexibility index (Phi) is 7.40. The molecule has 0 bridgehead atoms. The second-order valence-electron chi connectivity index (χ2n) is 7.53. The second kappa shape index (κ2) is 11.0. The molecule has 0 aliphatic carbocycles. The third-order valence-corrected chi connectivity index (χ3v) is 5.26. The molecule has 1 N–H and O–H groups in total. The van der Waals surface area contributed by atoms with Gasteiger partial charge in [-0.2, -0.15) is 10.2 Å². The summed E-state index contributed by atoms with van der Waals surface area (Å²) in [4.78, 5) is 35.0. The van der Waals surface area contributed by atoms with E-state index in [-0.39, 0.29) is 17.3 Å². The first kappa shape index (κ1) is 23.5. The van der Waals surface area contributed by atoms with Crippen LogP contribution in [0.15, 0.2) is 71.2 Å². The van der Waals surface area contributed by atoms with Gasteiger partial charge in [0.2, 0.25) is 11.6 Å². The van der Waals surface area contributed by atoms with Gasteiger partial charge in [0.15, 0.2) is 0 Å². The van der Waals surface area contributed by atoms with Crippen LogP contribution >= 0.6 is 0 Å². The first-order valence-corrected chi connectivity index (χ1v) is 11.0. The first-order chi connectivity index (χ1) is 17.0. The van der Waals surface area contributed by atoms with Crippen molar-refractivity contribution in [3.8, 4) is 0 Å². The van der Waals surface area contributed by atoms with Crippen LogP contribution in [0.1, 0.15) is 6.92 Å². The highest BCUT2D eigenvalue weighted by atomic mass is 16.6. The molecule has 0 radical (unpaired) electrons. The van der Waals surface area contributed by atoms with Crippen LogP contribution < -0.4 is 10.2 Å². The summed E-state index contributed by atoms with van der Waals surface area (Å²) >= 11 is 0. The molecule has 0 unspecified atom stereocenters. The number of azo groups is 1. The average molecular weight is 476 g/mol. The number of piperazine rings is 1. The van der Waals surface area contributed by atoms with Crippen molar-refractivity contribution in [1.82, 2.24) is 14.9 Å². The van der Waals surface area contributed by atoms with Crippen LogP contribution in [0, 0.1) is 10.1 Å². The Morgan fingerprint density at radius 2 is 1.69 bits per heavy atom. The molecule has 2 heterocycles. The molecular formula is C23H24N8O4. The van der Waals surface area contributed by atoms with Gasteiger partial charge in [-0.1, -0.05) is 18.2 Å². The predicted molar refractivity (Wildman–Crippen MR) is 130 cm³/mol. The number of carbonyl (C=O) groups is 1. The monoisotopic (exact) mass is 476 g/mol. The number of aromatic nitrogens is 2. The number of anilines is 3. The van der Waals surface area contributed by atoms with Gasteiger partial charge >= 0.3 is 11.8 Å². The van der Waals surface area contributed by atoms with E-state index in [9.17, 15) is 14.9 Å². The summed E-state index contributed by atoms with van der Waals surface area (Å²) in [6.07, 6.45) is 0.892. The van der Waals surface area contributed by atoms with Crippen LogP contribution in [0.2, 0.25) is 0 Å². The number of benzene rings is 2. The Labute approximate surface area is 201 Å². The van der Waals surface area contributed by atoms with Crippen LogP contribution in [0.4, 0.5) is 39.2 Å². The molecule has 0 spiro atoms. The maximum atomic E-state index is 12.0. The fraction of sp³-hybridized carbons (Fsp3) is 0.261. The van der Waals surface area contributed by atoms with Crippen molar-refractivity contribution >= 4 is 40.5 Å². The van der Waals surface area contributed by atoms with E-state index >= 15 is 0 Å². The van der Waals surface area contributed by atoms with Crippen molar-refractivity contribution in [2.45, 2.75) is 6.92 Å². The van der Waals surface area contributed by atoms with Crippen molar-refractivity contribution in [2.24, 2.45) is 10.2 Å². The topological polar surface area (TPSA) is 138 Å². The van der Waals surface area contributed by atoms with Crippen LogP contribution in [0.3, 0.4) is 0 Å². The average Bonchev–Trinajstić information content (AvgIpc) is 2.89. The van der Waals surface area contributed by atoms with Crippen molar-refractivity contribution in [3.63, 3.8) is 0 Å². The summed E-state index contributed by atoms with van der Waals surface area (Å²) in [5.74, 6) is 0.274. The molecule has 12 heteroatoms. The number of nitro groups is 1. The fourth-order valence-electron chi connectivity index (χ4n) is 3.53. The number of carbonyl (C=O) groups excluding carboxylic acids is 1. The van der Waals surface area contributed by atoms with Gasteiger partial charge in [0.05, 0.1) is 22.9 Å². The van der Waals surface area contributed by atoms with Crippen molar-refractivity contribution in [1.29, 1.82) is 0 Å². The number of hydrogen-bond donors (Lipinski definition) is 1. The molecule has 1 fully saturated rings. The Bertz CT molecular complexity index is 1200. The summed E-state index contributed by atoms with van der Waals surface area (Å²) < 4.78 is 5.03. The van der Waals surface area contributed by atoms with E-state index in [4.69, 9.17) is 4.74 Å². The molecule has 4 rings (SSSR count). The van der Waals surface area contributed by atoms with Gasteiger partial charge < -0.3 is 19.9 Å². The third-order valence-electron chi connectivity index (χ3n) is 5.26. The largest absolute Gasteiger partial charge is 0.450 e. The molecular weight excluding hydrogens is 452 g/mol. The van der Waals surface area contributed by atoms with E-state index in [1.54, 1.807) is 41.0 Å². The molecule has 1 saturated heterocycles. The van der Waals surface area contributed by atoms with Gasteiger partial charge in [-0.3, -0.25) is 10.1 Å². The maximum absolute atomic E-state index is 12.0. The quantitative estimate of drug-likeness (QED) is 0.291. The van der Waals surface area contributed by atoms with E-state index < -0.39 is 11.0 Å². The standard InChI is InChI=1S/C23H24N8O4/c1-2-35-23(32)30-14-12-29(13-15-30)22-20(31(33)34)21(24-16-25-22)26-17-8-10-19(11-9-17)28-27-18-6-4-3-5-7-18/h3-11,16H,2,12-15H2,1H3,(H,24,25,26). The number of hydrogen-bond acceptors (Lipinski definition) is 10. The SMILES string of the molecule is CCOC(=O)N1CCN(c2ncnc(Nc3ccc(N=Nc4ccccc4)cc3)c2[N+](=O)[O-])CC1. The fourth-order valence-corrected chi connectivity index (χ4v) is 3.53. The molecule has 1 aromatic heterocycles. The van der Waals surface area contributed by atoms with Crippen LogP contribution in [0.5, 0.6) is 0 Å². The zero-order valence-corrected chi connectivity index (χ0v) is 19.1. The molecule has 1 aliphatic heterocycles. The molecule has 2 aromatic carbocycles. The van der Waals surface area contributed by atoms with Gasteiger partial charge in [-0.05, 0) is 43.3 Å². The Morgan fingerprint density at radius 1 is 1.03 bits per heavy atom. The molecule has 0 atom stereocenters. The Morgan fingerprint density at radius 3 is 2.31 bits per heavy atom. The minimum Gasteiger partial charge on any atom is -0.450 e. The van der Waals surface area contributed by atoms with Crippen molar-refractivity contribution in [2.75, 3.05) is 43.0 Å². The van der Waals surface area contributed by atoms with Crippen LogP contribution in [-0.4, -0.2) is 58.7 Å². The van der Waals surface area contributed by atoms with Crippen LogP contribution in [0.25, 0.3) is 0 Å². The number of nitrogens with one attached hydrogen (secondary N) is 1. The summed E-state index contributed by atoms with van der Waals surface area (Å²) in [6.45, 7) is 3.57. The van der Waals surface area contributed by atoms with Gasteiger partial charge in [0.1, 0.15) is 6.33 Å². The molecule has 180 valence electrons. The second-order valence-corrected chi connectivity index (χ2v) is 7.53. The lowest BCUT2D eigenvalue weighted by Gasteiger charge is -2.34. The first-order valence-electron chi connectivity index (χ1n) is 11.0. The zero-order valence-electron chi connectivity index (χ0n) is 19.1. The molecule has 3 aromatic rings. The summed E-state index contributed by atoms with van der Waals surface area (Å²) in [7, 11) is 0. The highest BCUT2D eigenvalue weighted by Gasteiger charge is 2.30. The lowest BCUT2D eigenvalue weighted by atomic mass is 10.2. The number of rotatable bonds is 7. The van der Waals surface area contributed by atoms with E-state index in [2.05, 4.69) is 25.5 Å². The minimum absolute atomic E-state index is 0.0754. The molecule has 0 saturated carbocycles. The van der Waals surface area contributed by atoms with Crippen molar-refractivity contribution < 1.29 is 14.5 Å². The van der Waals surface area contributed by atoms with Crippen LogP contribution in [-0.2, 0) is 4.74 Å². The van der Waals surface area contributed by atoms with Crippen molar-refractivity contribution in [3.05, 3.63) is 71.0 Å². The lowest BCUT2D eigenvalue weighted by molar-refractivity contribution is -0.383. The normalized spacial score (nSPS) is 13.6. The van der Waals surface area contributed by atoms with E-state index in [1.807, 2.05) is 30.3 Å². The van der Waals surface area contributed by atoms with E-state index in [0.717, 1.165) is 5.69 Å². The number of ether oxygens (including phenoxy) is 1. The number of amides is 1. The summed E-state index contributed by atoms with van der Waals surface area (Å²) in [6, 6.07) is 16.3. The molecule has 12 nitrogen and oxygen atoms in total. The smallest absolute Gasteiger partial charge is 0.409 e. The van der Waals surface area contributed by atoms with Gasteiger partial charge in [0, 0.05) is 31.9 Å². The highest BCUT2D eigenvalue weighted by molar-refractivity contribution is 5.75. The zero-order chi connectivity index (χ0) is 24.6. The lowest BCUT2D eigenvalue weighted by Crippen LogP contribution is -2.49. The highest BCUT2D eigenvalue weighted by Crippen LogP contribution is 2.34. The predicted octanol–water partition coefficient (Wildman–Crippen LogP) is 4.82. The van der Waals surface area contributed by atoms with Gasteiger partial charge in [-0.25, -0.2) is 14.8 Å². The van der Waals surface area contributed by atoms with Gasteiger partial charge in [0.25, 0.3) is 0 Å². The maximum Gasteiger partial charge on any atom is 0.409 e. The molecule has 35 heavy (non-hydrogen) atoms. The summed E-state index contributed by atoms with van der Waals surface area (Å²) in [5, 5.41) is 23.3. The van der Waals surface area contributed by atoms with E-state index in [1.165, 1.54) is 6.33 Å².